The SMILES string of the molecule is Cn1c2ccncc2c2ccc(N3CC4CC(C3)C4O)nc21. The Morgan fingerprint density at radius 2 is 1.95 bits per heavy atom. The molecule has 6 rings (SSSR count). The van der Waals surface area contributed by atoms with E-state index in [1.165, 1.54) is 6.42 Å². The minimum absolute atomic E-state index is 0.0938. The van der Waals surface area contributed by atoms with Gasteiger partial charge in [0.2, 0.25) is 0 Å². The Hall–Kier alpha value is -2.14. The summed E-state index contributed by atoms with van der Waals surface area (Å²) in [6.45, 7) is 1.84. The Balaban J connectivity index is 1.62. The third-order valence-corrected chi connectivity index (χ3v) is 5.43. The van der Waals surface area contributed by atoms with E-state index in [9.17, 15) is 5.11 Å². The molecule has 0 spiro atoms. The van der Waals surface area contributed by atoms with Crippen LogP contribution in [0.25, 0.3) is 21.9 Å². The lowest BCUT2D eigenvalue weighted by Gasteiger charge is -2.51. The normalized spacial score (nSPS) is 27.4. The van der Waals surface area contributed by atoms with Crippen LogP contribution in [0.3, 0.4) is 0 Å². The maximum atomic E-state index is 9.95. The van der Waals surface area contributed by atoms with Gasteiger partial charge in [0, 0.05) is 55.1 Å². The molecule has 1 aliphatic carbocycles. The Kier molecular flexibility index (Phi) is 2.37. The molecule has 22 heavy (non-hydrogen) atoms. The number of pyridine rings is 2. The van der Waals surface area contributed by atoms with Crippen LogP contribution < -0.4 is 4.90 Å². The van der Waals surface area contributed by atoms with Crippen LogP contribution in [0.2, 0.25) is 0 Å². The summed E-state index contributed by atoms with van der Waals surface area (Å²) in [5.74, 6) is 1.87. The van der Waals surface area contributed by atoms with E-state index in [1.807, 2.05) is 18.5 Å². The monoisotopic (exact) mass is 294 g/mol. The van der Waals surface area contributed by atoms with E-state index in [1.54, 1.807) is 0 Å². The average Bonchev–Trinajstić information content (AvgIpc) is 2.87. The molecule has 3 aliphatic rings. The van der Waals surface area contributed by atoms with Crippen molar-refractivity contribution in [3.8, 4) is 0 Å². The lowest BCUT2D eigenvalue weighted by atomic mass is 9.68. The van der Waals surface area contributed by atoms with Crippen molar-refractivity contribution in [2.75, 3.05) is 18.0 Å². The van der Waals surface area contributed by atoms with Crippen molar-refractivity contribution in [2.24, 2.45) is 18.9 Å². The van der Waals surface area contributed by atoms with E-state index >= 15 is 0 Å². The molecule has 0 aromatic carbocycles. The molecule has 2 bridgehead atoms. The molecular formula is C17H18N4O. The topological polar surface area (TPSA) is 54.2 Å². The zero-order valence-electron chi connectivity index (χ0n) is 12.5. The van der Waals surface area contributed by atoms with E-state index < -0.39 is 0 Å². The lowest BCUT2D eigenvalue weighted by Crippen LogP contribution is -2.58. The number of aliphatic hydroxyl groups is 1. The molecule has 0 radical (unpaired) electrons. The Labute approximate surface area is 128 Å². The first-order valence-corrected chi connectivity index (χ1v) is 7.84. The molecule has 2 atom stereocenters. The second-order valence-corrected chi connectivity index (χ2v) is 6.64. The molecule has 112 valence electrons. The summed E-state index contributed by atoms with van der Waals surface area (Å²) in [5, 5.41) is 12.2. The fourth-order valence-corrected chi connectivity index (χ4v) is 4.13. The molecule has 1 N–H and O–H groups in total. The molecule has 0 amide bonds. The van der Waals surface area contributed by atoms with Gasteiger partial charge in [-0.3, -0.25) is 4.98 Å². The van der Waals surface area contributed by atoms with Crippen LogP contribution in [-0.4, -0.2) is 38.8 Å². The first kappa shape index (κ1) is 12.4. The maximum Gasteiger partial charge on any atom is 0.143 e. The summed E-state index contributed by atoms with van der Waals surface area (Å²) in [6.07, 6.45) is 4.80. The highest BCUT2D eigenvalue weighted by molar-refractivity contribution is 6.06. The highest BCUT2D eigenvalue weighted by atomic mass is 16.3. The zero-order chi connectivity index (χ0) is 14.8. The fraction of sp³-hybridized carbons (Fsp3) is 0.412. The van der Waals surface area contributed by atoms with Gasteiger partial charge >= 0.3 is 0 Å². The number of hydrogen-bond donors (Lipinski definition) is 1. The number of aromatic nitrogens is 3. The van der Waals surface area contributed by atoms with Gasteiger partial charge in [0.1, 0.15) is 11.5 Å². The smallest absolute Gasteiger partial charge is 0.143 e. The number of rotatable bonds is 1. The first-order chi connectivity index (χ1) is 10.7. The molecule has 2 saturated heterocycles. The van der Waals surface area contributed by atoms with Crippen molar-refractivity contribution in [2.45, 2.75) is 12.5 Å². The Morgan fingerprint density at radius 1 is 1.14 bits per heavy atom. The fourth-order valence-electron chi connectivity index (χ4n) is 4.13. The van der Waals surface area contributed by atoms with Crippen molar-refractivity contribution in [1.82, 2.24) is 14.5 Å². The van der Waals surface area contributed by atoms with Gasteiger partial charge in [-0.05, 0) is 24.6 Å². The van der Waals surface area contributed by atoms with Gasteiger partial charge in [-0.15, -0.1) is 0 Å². The van der Waals surface area contributed by atoms with Crippen molar-refractivity contribution in [3.63, 3.8) is 0 Å². The van der Waals surface area contributed by atoms with Crippen LogP contribution >= 0.6 is 0 Å². The van der Waals surface area contributed by atoms with Crippen LogP contribution in [0, 0.1) is 11.8 Å². The summed E-state index contributed by atoms with van der Waals surface area (Å²) < 4.78 is 2.13. The molecule has 3 fully saturated rings. The molecule has 2 unspecified atom stereocenters. The Morgan fingerprint density at radius 3 is 2.73 bits per heavy atom. The minimum Gasteiger partial charge on any atom is -0.392 e. The average molecular weight is 294 g/mol. The van der Waals surface area contributed by atoms with Crippen molar-refractivity contribution in [3.05, 3.63) is 30.6 Å². The molecule has 2 aliphatic heterocycles. The summed E-state index contributed by atoms with van der Waals surface area (Å²) >= 11 is 0. The van der Waals surface area contributed by atoms with Crippen LogP contribution in [-0.2, 0) is 7.05 Å². The second kappa shape index (κ2) is 4.20. The number of hydrogen-bond acceptors (Lipinski definition) is 4. The Bertz CT molecular complexity index is 875. The maximum absolute atomic E-state index is 9.95. The number of aryl methyl sites for hydroxylation is 1. The summed E-state index contributed by atoms with van der Waals surface area (Å²) in [4.78, 5) is 11.4. The van der Waals surface area contributed by atoms with E-state index in [-0.39, 0.29) is 6.10 Å². The number of anilines is 1. The number of fused-ring (bicyclic) bond motifs is 5. The third-order valence-electron chi connectivity index (χ3n) is 5.43. The predicted octanol–water partition coefficient (Wildman–Crippen LogP) is 1.94. The highest BCUT2D eigenvalue weighted by Gasteiger charge is 2.45. The van der Waals surface area contributed by atoms with Gasteiger partial charge in [0.05, 0.1) is 11.6 Å². The first-order valence-electron chi connectivity index (χ1n) is 7.84. The van der Waals surface area contributed by atoms with Gasteiger partial charge < -0.3 is 14.6 Å². The molecule has 5 nitrogen and oxygen atoms in total. The van der Waals surface area contributed by atoms with Crippen molar-refractivity contribution >= 4 is 27.8 Å². The van der Waals surface area contributed by atoms with Crippen LogP contribution in [0.4, 0.5) is 5.82 Å². The van der Waals surface area contributed by atoms with Crippen molar-refractivity contribution < 1.29 is 5.11 Å². The highest BCUT2D eigenvalue weighted by Crippen LogP contribution is 2.41. The lowest BCUT2D eigenvalue weighted by molar-refractivity contribution is -0.0532. The van der Waals surface area contributed by atoms with Gasteiger partial charge in [-0.25, -0.2) is 4.98 Å². The van der Waals surface area contributed by atoms with Gasteiger partial charge in [0.15, 0.2) is 0 Å². The largest absolute Gasteiger partial charge is 0.392 e. The van der Waals surface area contributed by atoms with Gasteiger partial charge in [-0.2, -0.15) is 0 Å². The zero-order valence-corrected chi connectivity index (χ0v) is 12.5. The molecule has 3 aromatic rings. The summed E-state index contributed by atoms with van der Waals surface area (Å²) in [5.41, 5.74) is 2.16. The molecule has 1 saturated carbocycles. The molecule has 5 heteroatoms. The quantitative estimate of drug-likeness (QED) is 0.745. The van der Waals surface area contributed by atoms with E-state index in [4.69, 9.17) is 4.98 Å². The predicted molar refractivity (Wildman–Crippen MR) is 85.8 cm³/mol. The number of aliphatic hydroxyl groups excluding tert-OH is 1. The standard InChI is InChI=1S/C17H18N4O/c1-20-14-4-5-18-7-13(14)12-2-3-15(19-17(12)20)21-8-10-6-11(9-21)16(10)22/h2-5,7,10-11,16,22H,6,8-9H2,1H3. The molecular weight excluding hydrogens is 276 g/mol. The van der Waals surface area contributed by atoms with E-state index in [2.05, 4.69) is 33.6 Å². The third kappa shape index (κ3) is 1.52. The molecule has 5 heterocycles. The summed E-state index contributed by atoms with van der Waals surface area (Å²) in [7, 11) is 2.05. The van der Waals surface area contributed by atoms with Gasteiger partial charge in [0.25, 0.3) is 0 Å². The van der Waals surface area contributed by atoms with Gasteiger partial charge in [-0.1, -0.05) is 0 Å². The van der Waals surface area contributed by atoms with Crippen LogP contribution in [0.15, 0.2) is 30.6 Å². The minimum atomic E-state index is -0.0938. The van der Waals surface area contributed by atoms with Crippen LogP contribution in [0.1, 0.15) is 6.42 Å². The van der Waals surface area contributed by atoms with E-state index in [0.717, 1.165) is 40.8 Å². The second-order valence-electron chi connectivity index (χ2n) is 6.64. The van der Waals surface area contributed by atoms with Crippen LogP contribution in [0.5, 0.6) is 0 Å². The molecule has 3 aromatic heterocycles. The number of piperidine rings is 2. The summed E-state index contributed by atoms with van der Waals surface area (Å²) in [6, 6.07) is 6.29. The van der Waals surface area contributed by atoms with E-state index in [0.29, 0.717) is 11.8 Å². The van der Waals surface area contributed by atoms with Crippen molar-refractivity contribution in [1.29, 1.82) is 0 Å². The number of nitrogens with zero attached hydrogens (tertiary/aromatic N) is 4.